The lowest BCUT2D eigenvalue weighted by Crippen LogP contribution is -2.51. The first-order chi connectivity index (χ1) is 10.1. The van der Waals surface area contributed by atoms with E-state index in [1.807, 2.05) is 11.8 Å². The van der Waals surface area contributed by atoms with Crippen LogP contribution < -0.4 is 5.32 Å². The van der Waals surface area contributed by atoms with Crippen LogP contribution in [0.5, 0.6) is 0 Å². The monoisotopic (exact) mass is 296 g/mol. The number of carbonyl (C=O) groups is 2. The molecule has 0 bridgehead atoms. The Morgan fingerprint density at radius 1 is 1.33 bits per heavy atom. The van der Waals surface area contributed by atoms with Gasteiger partial charge in [0.1, 0.15) is 6.04 Å². The fraction of sp³-hybridized carbons (Fsp3) is 0.875. The topological polar surface area (TPSA) is 69.6 Å². The van der Waals surface area contributed by atoms with E-state index < -0.39 is 12.0 Å². The number of aliphatic carboxylic acids is 1. The highest BCUT2D eigenvalue weighted by Gasteiger charge is 2.49. The Morgan fingerprint density at radius 2 is 2.10 bits per heavy atom. The van der Waals surface area contributed by atoms with Gasteiger partial charge >= 0.3 is 5.97 Å². The number of likely N-dealkylation sites (tertiary alicyclic amines) is 1. The van der Waals surface area contributed by atoms with Gasteiger partial charge in [-0.15, -0.1) is 0 Å². The van der Waals surface area contributed by atoms with Crippen LogP contribution in [0.1, 0.15) is 52.4 Å². The summed E-state index contributed by atoms with van der Waals surface area (Å²) in [6.45, 7) is 5.41. The summed E-state index contributed by atoms with van der Waals surface area (Å²) in [7, 11) is 0. The van der Waals surface area contributed by atoms with Gasteiger partial charge in [0.25, 0.3) is 0 Å². The Balaban J connectivity index is 1.92. The Morgan fingerprint density at radius 3 is 2.76 bits per heavy atom. The zero-order valence-corrected chi connectivity index (χ0v) is 13.2. The molecule has 0 aromatic rings. The van der Waals surface area contributed by atoms with Crippen LogP contribution in [-0.4, -0.2) is 47.1 Å². The van der Waals surface area contributed by atoms with Crippen LogP contribution >= 0.6 is 0 Å². The molecule has 120 valence electrons. The van der Waals surface area contributed by atoms with E-state index in [1.165, 1.54) is 0 Å². The van der Waals surface area contributed by atoms with Crippen molar-refractivity contribution in [3.05, 3.63) is 0 Å². The van der Waals surface area contributed by atoms with Gasteiger partial charge in [-0.3, -0.25) is 14.5 Å². The number of hydrogen-bond donors (Lipinski definition) is 2. The highest BCUT2D eigenvalue weighted by molar-refractivity contribution is 5.83. The van der Waals surface area contributed by atoms with E-state index in [2.05, 4.69) is 12.2 Å². The number of carboxylic acids is 1. The number of hydrogen-bond acceptors (Lipinski definition) is 3. The number of nitrogens with zero attached hydrogens (tertiary/aromatic N) is 1. The van der Waals surface area contributed by atoms with Crippen LogP contribution in [0.25, 0.3) is 0 Å². The molecule has 0 spiro atoms. The number of carbonyl (C=O) groups excluding carboxylic acids is 1. The molecule has 1 aliphatic heterocycles. The molecule has 1 amide bonds. The number of fused-ring (bicyclic) bond motifs is 1. The molecule has 2 N–H and O–H groups in total. The fourth-order valence-corrected chi connectivity index (χ4v) is 3.95. The normalized spacial score (nSPS) is 30.1. The van der Waals surface area contributed by atoms with Crippen LogP contribution in [0, 0.1) is 11.8 Å². The molecule has 5 nitrogen and oxygen atoms in total. The van der Waals surface area contributed by atoms with E-state index in [0.717, 1.165) is 45.1 Å². The van der Waals surface area contributed by atoms with Gasteiger partial charge in [-0.25, -0.2) is 0 Å². The lowest BCUT2D eigenvalue weighted by molar-refractivity contribution is -0.145. The second kappa shape index (κ2) is 7.25. The van der Waals surface area contributed by atoms with Crippen LogP contribution in [0.15, 0.2) is 0 Å². The molecule has 2 rings (SSSR count). The Labute approximate surface area is 127 Å². The lowest BCUT2D eigenvalue weighted by atomic mass is 9.94. The smallest absolute Gasteiger partial charge is 0.321 e. The summed E-state index contributed by atoms with van der Waals surface area (Å²) in [5.74, 6) is -0.105. The molecule has 21 heavy (non-hydrogen) atoms. The Bertz CT molecular complexity index is 386. The molecule has 0 aromatic heterocycles. The average molecular weight is 296 g/mol. The Hall–Kier alpha value is -1.10. The van der Waals surface area contributed by atoms with Crippen molar-refractivity contribution >= 4 is 11.9 Å². The molecule has 1 heterocycles. The van der Waals surface area contributed by atoms with Gasteiger partial charge in [0.2, 0.25) is 5.91 Å². The number of nitrogens with one attached hydrogen (secondary N) is 1. The van der Waals surface area contributed by atoms with Gasteiger partial charge in [0, 0.05) is 13.1 Å². The maximum absolute atomic E-state index is 12.2. The summed E-state index contributed by atoms with van der Waals surface area (Å²) in [4.78, 5) is 25.8. The molecule has 1 aliphatic carbocycles. The Kier molecular flexibility index (Phi) is 5.62. The maximum Gasteiger partial charge on any atom is 0.321 e. The van der Waals surface area contributed by atoms with Crippen LogP contribution in [0.2, 0.25) is 0 Å². The van der Waals surface area contributed by atoms with E-state index in [4.69, 9.17) is 0 Å². The third-order valence-electron chi connectivity index (χ3n) is 5.14. The first kappa shape index (κ1) is 16.3. The first-order valence-corrected chi connectivity index (χ1v) is 8.32. The molecule has 2 aliphatic rings. The standard InChI is InChI=1S/C16H28N2O3/c1-3-4-5-9-17-15(19)11(2)18-10-12-7-6-8-13(12)14(18)16(20)21/h11-14H,3-10H2,1-2H3,(H,17,19)(H,20,21). The average Bonchev–Trinajstić information content (AvgIpc) is 3.02. The van der Waals surface area contributed by atoms with E-state index >= 15 is 0 Å². The number of amides is 1. The summed E-state index contributed by atoms with van der Waals surface area (Å²) < 4.78 is 0. The minimum Gasteiger partial charge on any atom is -0.480 e. The van der Waals surface area contributed by atoms with Crippen molar-refractivity contribution in [2.45, 2.75) is 64.5 Å². The quantitative estimate of drug-likeness (QED) is 0.704. The molecule has 1 saturated carbocycles. The fourth-order valence-electron chi connectivity index (χ4n) is 3.95. The van der Waals surface area contributed by atoms with Gasteiger partial charge in [0.15, 0.2) is 0 Å². The SMILES string of the molecule is CCCCCNC(=O)C(C)N1CC2CCCC2C1C(=O)O. The predicted octanol–water partition coefficient (Wildman–Crippen LogP) is 1.87. The highest BCUT2D eigenvalue weighted by Crippen LogP contribution is 2.42. The van der Waals surface area contributed by atoms with Gasteiger partial charge in [-0.05, 0) is 38.0 Å². The number of rotatable bonds is 7. The minimum absolute atomic E-state index is 0.0303. The van der Waals surface area contributed by atoms with Gasteiger partial charge in [-0.1, -0.05) is 26.2 Å². The largest absolute Gasteiger partial charge is 0.480 e. The summed E-state index contributed by atoms with van der Waals surface area (Å²) in [5, 5.41) is 12.5. The maximum atomic E-state index is 12.2. The van der Waals surface area contributed by atoms with Crippen molar-refractivity contribution in [2.24, 2.45) is 11.8 Å². The molecule has 1 saturated heterocycles. The third kappa shape index (κ3) is 3.57. The second-order valence-corrected chi connectivity index (χ2v) is 6.51. The van der Waals surface area contributed by atoms with Gasteiger partial charge in [-0.2, -0.15) is 0 Å². The molecule has 2 fully saturated rings. The van der Waals surface area contributed by atoms with E-state index in [0.29, 0.717) is 12.5 Å². The molecule has 4 unspecified atom stereocenters. The van der Waals surface area contributed by atoms with E-state index in [9.17, 15) is 14.7 Å². The summed E-state index contributed by atoms with van der Waals surface area (Å²) in [5.41, 5.74) is 0. The first-order valence-electron chi connectivity index (χ1n) is 8.32. The highest BCUT2D eigenvalue weighted by atomic mass is 16.4. The van der Waals surface area contributed by atoms with Gasteiger partial charge < -0.3 is 10.4 Å². The second-order valence-electron chi connectivity index (χ2n) is 6.51. The summed E-state index contributed by atoms with van der Waals surface area (Å²) in [6, 6.07) is -0.827. The van der Waals surface area contributed by atoms with E-state index in [-0.39, 0.29) is 17.9 Å². The third-order valence-corrected chi connectivity index (χ3v) is 5.14. The van der Waals surface area contributed by atoms with Crippen molar-refractivity contribution in [3.8, 4) is 0 Å². The zero-order valence-electron chi connectivity index (χ0n) is 13.2. The summed E-state index contributed by atoms with van der Waals surface area (Å²) in [6.07, 6.45) is 6.45. The summed E-state index contributed by atoms with van der Waals surface area (Å²) >= 11 is 0. The zero-order chi connectivity index (χ0) is 15.4. The molecule has 0 aromatic carbocycles. The minimum atomic E-state index is -0.768. The van der Waals surface area contributed by atoms with Crippen LogP contribution in [0.3, 0.4) is 0 Å². The molecular formula is C16H28N2O3. The van der Waals surface area contributed by atoms with Crippen molar-refractivity contribution in [3.63, 3.8) is 0 Å². The van der Waals surface area contributed by atoms with E-state index in [1.54, 1.807) is 0 Å². The lowest BCUT2D eigenvalue weighted by Gasteiger charge is -2.29. The van der Waals surface area contributed by atoms with Crippen molar-refractivity contribution in [1.82, 2.24) is 10.2 Å². The van der Waals surface area contributed by atoms with Crippen LogP contribution in [0.4, 0.5) is 0 Å². The molecule has 4 atom stereocenters. The number of unbranched alkanes of at least 4 members (excludes halogenated alkanes) is 2. The molecular weight excluding hydrogens is 268 g/mol. The van der Waals surface area contributed by atoms with Crippen molar-refractivity contribution in [1.29, 1.82) is 0 Å². The number of carboxylic acid groups (broad SMARTS) is 1. The van der Waals surface area contributed by atoms with Gasteiger partial charge in [0.05, 0.1) is 6.04 Å². The van der Waals surface area contributed by atoms with Crippen molar-refractivity contribution < 1.29 is 14.7 Å². The predicted molar refractivity (Wildman–Crippen MR) is 81.0 cm³/mol. The van der Waals surface area contributed by atoms with Crippen molar-refractivity contribution in [2.75, 3.05) is 13.1 Å². The van der Waals surface area contributed by atoms with Crippen LogP contribution in [-0.2, 0) is 9.59 Å². The molecule has 0 radical (unpaired) electrons. The molecule has 5 heteroatoms.